The van der Waals surface area contributed by atoms with Crippen LogP contribution in [0.25, 0.3) is 0 Å². The molecule has 0 aliphatic carbocycles. The number of anilines is 2. The van der Waals surface area contributed by atoms with Crippen molar-refractivity contribution in [1.29, 1.82) is 0 Å². The van der Waals surface area contributed by atoms with E-state index in [2.05, 4.69) is 40.4 Å². The molecule has 1 spiro atoms. The smallest absolute Gasteiger partial charge is 0.250 e. The Balaban J connectivity index is 1.41. The molecule has 1 unspecified atom stereocenters. The van der Waals surface area contributed by atoms with E-state index in [9.17, 15) is 9.59 Å². The van der Waals surface area contributed by atoms with Gasteiger partial charge in [-0.3, -0.25) is 20.4 Å². The van der Waals surface area contributed by atoms with Crippen molar-refractivity contribution in [3.05, 3.63) is 54.1 Å². The molecule has 3 N–H and O–H groups in total. The molecule has 3 aliphatic heterocycles. The number of likely N-dealkylation sites (tertiary alicyclic amines) is 1. The normalized spacial score (nSPS) is 22.4. The van der Waals surface area contributed by atoms with Crippen LogP contribution < -0.4 is 25.8 Å². The number of hydrogen-bond acceptors (Lipinski definition) is 6. The van der Waals surface area contributed by atoms with Gasteiger partial charge in [-0.05, 0) is 42.7 Å². The van der Waals surface area contributed by atoms with Gasteiger partial charge in [-0.2, -0.15) is 0 Å². The van der Waals surface area contributed by atoms with E-state index in [1.54, 1.807) is 14.0 Å². The molecular formula is C26H33N5O3. The lowest BCUT2D eigenvalue weighted by Crippen LogP contribution is -2.50. The van der Waals surface area contributed by atoms with Crippen molar-refractivity contribution in [1.82, 2.24) is 15.8 Å². The highest BCUT2D eigenvalue weighted by Crippen LogP contribution is 2.44. The fourth-order valence-corrected chi connectivity index (χ4v) is 5.55. The van der Waals surface area contributed by atoms with Gasteiger partial charge in [0.05, 0.1) is 7.11 Å². The molecule has 2 amide bonds. The Morgan fingerprint density at radius 1 is 1.09 bits per heavy atom. The van der Waals surface area contributed by atoms with Crippen LogP contribution in [-0.2, 0) is 9.59 Å². The van der Waals surface area contributed by atoms with Crippen molar-refractivity contribution < 1.29 is 14.3 Å². The number of carbonyl (C=O) groups excluding carboxylic acids is 2. The number of benzene rings is 2. The van der Waals surface area contributed by atoms with E-state index in [0.29, 0.717) is 25.6 Å². The van der Waals surface area contributed by atoms with Crippen LogP contribution in [0.2, 0.25) is 0 Å². The van der Waals surface area contributed by atoms with Crippen molar-refractivity contribution in [2.45, 2.75) is 31.7 Å². The number of piperidine rings is 1. The monoisotopic (exact) mass is 463 g/mol. The lowest BCUT2D eigenvalue weighted by atomic mass is 9.74. The third kappa shape index (κ3) is 4.23. The molecule has 2 aromatic rings. The number of nitrogens with one attached hydrogen (secondary N) is 3. The first-order chi connectivity index (χ1) is 16.5. The fraction of sp³-hybridized carbons (Fsp3) is 0.462. The molecule has 180 valence electrons. The van der Waals surface area contributed by atoms with Gasteiger partial charge < -0.3 is 19.9 Å². The van der Waals surface area contributed by atoms with Crippen molar-refractivity contribution in [3.8, 4) is 5.75 Å². The van der Waals surface area contributed by atoms with E-state index in [-0.39, 0.29) is 23.3 Å². The van der Waals surface area contributed by atoms with Crippen molar-refractivity contribution >= 4 is 23.2 Å². The number of rotatable bonds is 5. The van der Waals surface area contributed by atoms with Gasteiger partial charge in [0.25, 0.3) is 0 Å². The molecule has 3 heterocycles. The molecule has 5 rings (SSSR count). The van der Waals surface area contributed by atoms with Gasteiger partial charge >= 0.3 is 0 Å². The number of hydrazine groups is 1. The quantitative estimate of drug-likeness (QED) is 0.631. The topological polar surface area (TPSA) is 85.9 Å². The maximum atomic E-state index is 13.8. The summed E-state index contributed by atoms with van der Waals surface area (Å²) in [6, 6.07) is 15.8. The van der Waals surface area contributed by atoms with Crippen LogP contribution in [0.3, 0.4) is 0 Å². The van der Waals surface area contributed by atoms with Gasteiger partial charge in [-0.1, -0.05) is 18.2 Å². The third-order valence-electron chi connectivity index (χ3n) is 7.68. The van der Waals surface area contributed by atoms with Gasteiger partial charge in [-0.15, -0.1) is 0 Å². The van der Waals surface area contributed by atoms with E-state index in [0.717, 1.165) is 43.1 Å². The lowest BCUT2D eigenvalue weighted by molar-refractivity contribution is -0.131. The Kier molecular flexibility index (Phi) is 6.18. The zero-order chi connectivity index (χ0) is 23.7. The Bertz CT molecular complexity index is 1040. The van der Waals surface area contributed by atoms with Crippen molar-refractivity contribution in [2.75, 3.05) is 50.1 Å². The average molecular weight is 464 g/mol. The maximum Gasteiger partial charge on any atom is 0.250 e. The molecule has 0 bridgehead atoms. The van der Waals surface area contributed by atoms with E-state index < -0.39 is 0 Å². The van der Waals surface area contributed by atoms with Crippen LogP contribution in [0.5, 0.6) is 5.75 Å². The molecule has 3 fully saturated rings. The summed E-state index contributed by atoms with van der Waals surface area (Å²) in [6.45, 7) is 5.42. The summed E-state index contributed by atoms with van der Waals surface area (Å²) in [5.74, 6) is 1.36. The molecule has 8 nitrogen and oxygen atoms in total. The van der Waals surface area contributed by atoms with Gasteiger partial charge in [0.15, 0.2) is 0 Å². The summed E-state index contributed by atoms with van der Waals surface area (Å²) in [5.41, 5.74) is 9.16. The second-order valence-corrected chi connectivity index (χ2v) is 9.65. The minimum absolute atomic E-state index is 0.0797. The van der Waals surface area contributed by atoms with E-state index in [1.165, 1.54) is 5.56 Å². The zero-order valence-electron chi connectivity index (χ0n) is 19.8. The first kappa shape index (κ1) is 22.7. The minimum Gasteiger partial charge on any atom is -0.497 e. The largest absolute Gasteiger partial charge is 0.497 e. The van der Waals surface area contributed by atoms with Gasteiger partial charge in [0.2, 0.25) is 11.8 Å². The van der Waals surface area contributed by atoms with Crippen LogP contribution in [0.15, 0.2) is 48.5 Å². The molecule has 0 aromatic heterocycles. The predicted molar refractivity (Wildman–Crippen MR) is 132 cm³/mol. The van der Waals surface area contributed by atoms with Crippen LogP contribution in [0, 0.1) is 5.41 Å². The third-order valence-corrected chi connectivity index (χ3v) is 7.68. The molecular weight excluding hydrogens is 430 g/mol. The SMILES string of the molecule is COc1cccc(NC2C(=O)N(c3ccc(C4CNNC4)cc3)CC23CCN(C(C)=O)CC3)c1. The molecule has 1 atom stereocenters. The van der Waals surface area contributed by atoms with E-state index >= 15 is 0 Å². The molecule has 3 saturated heterocycles. The highest BCUT2D eigenvalue weighted by molar-refractivity contribution is 6.02. The lowest BCUT2D eigenvalue weighted by Gasteiger charge is -2.41. The van der Waals surface area contributed by atoms with Gasteiger partial charge in [0, 0.05) is 68.4 Å². The molecule has 0 radical (unpaired) electrons. The first-order valence-corrected chi connectivity index (χ1v) is 12.0. The van der Waals surface area contributed by atoms with Crippen molar-refractivity contribution in [3.63, 3.8) is 0 Å². The minimum atomic E-state index is -0.364. The van der Waals surface area contributed by atoms with Crippen LogP contribution in [0.1, 0.15) is 31.2 Å². The van der Waals surface area contributed by atoms with E-state index in [1.807, 2.05) is 34.1 Å². The average Bonchev–Trinajstić information content (AvgIpc) is 3.49. The summed E-state index contributed by atoms with van der Waals surface area (Å²) in [4.78, 5) is 29.6. The Morgan fingerprint density at radius 2 is 1.79 bits per heavy atom. The highest BCUT2D eigenvalue weighted by Gasteiger charge is 2.54. The Labute approximate surface area is 200 Å². The zero-order valence-corrected chi connectivity index (χ0v) is 19.8. The summed E-state index contributed by atoms with van der Waals surface area (Å²) in [5, 5.41) is 3.53. The number of hydrogen-bond donors (Lipinski definition) is 3. The number of methoxy groups -OCH3 is 1. The van der Waals surface area contributed by atoms with Crippen molar-refractivity contribution in [2.24, 2.45) is 5.41 Å². The maximum absolute atomic E-state index is 13.8. The number of carbonyl (C=O) groups is 2. The Morgan fingerprint density at radius 3 is 2.44 bits per heavy atom. The second-order valence-electron chi connectivity index (χ2n) is 9.65. The summed E-state index contributed by atoms with van der Waals surface area (Å²) in [6.07, 6.45) is 1.57. The fourth-order valence-electron chi connectivity index (χ4n) is 5.55. The molecule has 3 aliphatic rings. The molecule has 8 heteroatoms. The number of amides is 2. The molecule has 2 aromatic carbocycles. The number of ether oxygens (including phenoxy) is 1. The summed E-state index contributed by atoms with van der Waals surface area (Å²) >= 11 is 0. The second kappa shape index (κ2) is 9.27. The summed E-state index contributed by atoms with van der Waals surface area (Å²) < 4.78 is 5.38. The van der Waals surface area contributed by atoms with E-state index in [4.69, 9.17) is 4.74 Å². The van der Waals surface area contributed by atoms with Crippen LogP contribution >= 0.6 is 0 Å². The molecule has 0 saturated carbocycles. The number of nitrogens with zero attached hydrogens (tertiary/aromatic N) is 2. The van der Waals surface area contributed by atoms with Crippen LogP contribution in [-0.4, -0.2) is 62.6 Å². The van der Waals surface area contributed by atoms with Crippen LogP contribution in [0.4, 0.5) is 11.4 Å². The highest BCUT2D eigenvalue weighted by atomic mass is 16.5. The first-order valence-electron chi connectivity index (χ1n) is 12.0. The summed E-state index contributed by atoms with van der Waals surface area (Å²) in [7, 11) is 1.64. The predicted octanol–water partition coefficient (Wildman–Crippen LogP) is 2.34. The molecule has 34 heavy (non-hydrogen) atoms. The van der Waals surface area contributed by atoms with Gasteiger partial charge in [0.1, 0.15) is 11.8 Å². The Hall–Kier alpha value is -3.10. The standard InChI is InChI=1S/C26H33N5O3/c1-18(32)30-12-10-26(11-13-30)17-31(22-8-6-19(7-9-22)20-15-27-28-16-20)25(33)24(26)29-21-4-3-5-23(14-21)34-2/h3-9,14,20,24,27-29H,10-13,15-17H2,1-2H3. The van der Waals surface area contributed by atoms with Gasteiger partial charge in [-0.25, -0.2) is 0 Å².